The zero-order chi connectivity index (χ0) is 16.9. The topological polar surface area (TPSA) is 41.6 Å². The van der Waals surface area contributed by atoms with Crippen molar-refractivity contribution in [2.24, 2.45) is 5.92 Å². The first-order valence-electron chi connectivity index (χ1n) is 7.54. The van der Waals surface area contributed by atoms with E-state index in [-0.39, 0.29) is 5.92 Å². The Hall–Kier alpha value is -1.76. The minimum absolute atomic E-state index is 0.192. The molecule has 0 spiro atoms. The molecule has 1 heterocycles. The maximum atomic E-state index is 12.1. The van der Waals surface area contributed by atoms with Gasteiger partial charge >= 0.3 is 6.18 Å². The van der Waals surface area contributed by atoms with Gasteiger partial charge in [-0.05, 0) is 36.6 Å². The van der Waals surface area contributed by atoms with Crippen LogP contribution in [0.5, 0.6) is 5.75 Å². The lowest BCUT2D eigenvalue weighted by molar-refractivity contribution is -0.153. The number of likely N-dealkylation sites (tertiary alicyclic amines) is 1. The molecule has 0 bridgehead atoms. The van der Waals surface area contributed by atoms with Crippen LogP contribution in [0.4, 0.5) is 13.2 Å². The molecule has 128 valence electrons. The quantitative estimate of drug-likeness (QED) is 0.872. The van der Waals surface area contributed by atoms with Gasteiger partial charge in [0.15, 0.2) is 0 Å². The van der Waals surface area contributed by atoms with Gasteiger partial charge in [0.2, 0.25) is 5.91 Å². The van der Waals surface area contributed by atoms with E-state index < -0.39 is 18.5 Å². The molecule has 0 aromatic heterocycles. The minimum atomic E-state index is -4.45. The van der Waals surface area contributed by atoms with Crippen LogP contribution >= 0.6 is 0 Å². The Morgan fingerprint density at radius 3 is 2.91 bits per heavy atom. The zero-order valence-corrected chi connectivity index (χ0v) is 13.0. The SMILES string of the molecule is COc1cccc(CN2CC[C@H](CNC(=O)CC(F)(F)F)C2)c1. The Balaban J connectivity index is 1.74. The molecule has 4 nitrogen and oxygen atoms in total. The first kappa shape index (κ1) is 17.6. The molecule has 0 saturated carbocycles. The van der Waals surface area contributed by atoms with Crippen molar-refractivity contribution in [2.75, 3.05) is 26.7 Å². The summed E-state index contributed by atoms with van der Waals surface area (Å²) in [7, 11) is 1.62. The van der Waals surface area contributed by atoms with Crippen LogP contribution in [0.1, 0.15) is 18.4 Å². The largest absolute Gasteiger partial charge is 0.497 e. The third-order valence-corrected chi connectivity index (χ3v) is 3.86. The third kappa shape index (κ3) is 6.09. The first-order chi connectivity index (χ1) is 10.9. The van der Waals surface area contributed by atoms with Crippen molar-refractivity contribution in [1.82, 2.24) is 10.2 Å². The Morgan fingerprint density at radius 1 is 1.43 bits per heavy atom. The average Bonchev–Trinajstić information content (AvgIpc) is 2.91. The van der Waals surface area contributed by atoms with Gasteiger partial charge in [-0.25, -0.2) is 0 Å². The molecule has 1 saturated heterocycles. The van der Waals surface area contributed by atoms with Crippen molar-refractivity contribution >= 4 is 5.91 Å². The number of halogens is 3. The van der Waals surface area contributed by atoms with Crippen LogP contribution in [0.25, 0.3) is 0 Å². The standard InChI is InChI=1S/C16H21F3N2O2/c1-23-14-4-2-3-12(7-14)10-21-6-5-13(11-21)9-20-15(22)8-16(17,18)19/h2-4,7,13H,5-6,8-11H2,1H3,(H,20,22)/t13-/m1/s1. The van der Waals surface area contributed by atoms with Crippen LogP contribution in [0.15, 0.2) is 24.3 Å². The fourth-order valence-corrected chi connectivity index (χ4v) is 2.75. The monoisotopic (exact) mass is 330 g/mol. The lowest BCUT2D eigenvalue weighted by atomic mass is 10.1. The molecule has 7 heteroatoms. The number of benzene rings is 1. The van der Waals surface area contributed by atoms with Crippen LogP contribution in [-0.2, 0) is 11.3 Å². The highest BCUT2D eigenvalue weighted by molar-refractivity contribution is 5.76. The number of hydrogen-bond acceptors (Lipinski definition) is 3. The Labute approximate surface area is 133 Å². The van der Waals surface area contributed by atoms with Gasteiger partial charge in [0.1, 0.15) is 12.2 Å². The number of nitrogens with zero attached hydrogens (tertiary/aromatic N) is 1. The maximum Gasteiger partial charge on any atom is 0.397 e. The lowest BCUT2D eigenvalue weighted by Gasteiger charge is -2.17. The second kappa shape index (κ2) is 7.68. The summed E-state index contributed by atoms with van der Waals surface area (Å²) in [5.41, 5.74) is 1.13. The van der Waals surface area contributed by atoms with E-state index in [2.05, 4.69) is 10.2 Å². The van der Waals surface area contributed by atoms with Gasteiger partial charge in [-0.1, -0.05) is 12.1 Å². The molecular weight excluding hydrogens is 309 g/mol. The summed E-state index contributed by atoms with van der Waals surface area (Å²) >= 11 is 0. The van der Waals surface area contributed by atoms with E-state index in [0.29, 0.717) is 6.54 Å². The molecule has 1 aromatic rings. The highest BCUT2D eigenvalue weighted by atomic mass is 19.4. The average molecular weight is 330 g/mol. The van der Waals surface area contributed by atoms with Gasteiger partial charge in [-0.3, -0.25) is 9.69 Å². The third-order valence-electron chi connectivity index (χ3n) is 3.86. The van der Waals surface area contributed by atoms with Crippen molar-refractivity contribution < 1.29 is 22.7 Å². The number of methoxy groups -OCH3 is 1. The Morgan fingerprint density at radius 2 is 2.22 bits per heavy atom. The first-order valence-corrected chi connectivity index (χ1v) is 7.54. The molecule has 1 aliphatic heterocycles. The van der Waals surface area contributed by atoms with E-state index in [1.165, 1.54) is 0 Å². The van der Waals surface area contributed by atoms with Crippen LogP contribution < -0.4 is 10.1 Å². The van der Waals surface area contributed by atoms with Gasteiger partial charge in [0.25, 0.3) is 0 Å². The second-order valence-corrected chi connectivity index (χ2v) is 5.84. The lowest BCUT2D eigenvalue weighted by Crippen LogP contribution is -2.33. The molecule has 1 aromatic carbocycles. The van der Waals surface area contributed by atoms with Crippen molar-refractivity contribution in [1.29, 1.82) is 0 Å². The van der Waals surface area contributed by atoms with E-state index in [4.69, 9.17) is 4.74 Å². The fourth-order valence-electron chi connectivity index (χ4n) is 2.75. The zero-order valence-electron chi connectivity index (χ0n) is 13.0. The smallest absolute Gasteiger partial charge is 0.397 e. The van der Waals surface area contributed by atoms with Crippen LogP contribution in [0.2, 0.25) is 0 Å². The van der Waals surface area contributed by atoms with Crippen LogP contribution in [-0.4, -0.2) is 43.7 Å². The number of rotatable bonds is 6. The number of nitrogens with one attached hydrogen (secondary N) is 1. The molecule has 0 unspecified atom stereocenters. The number of alkyl halides is 3. The molecular formula is C16H21F3N2O2. The molecule has 2 rings (SSSR count). The van der Waals surface area contributed by atoms with Gasteiger partial charge < -0.3 is 10.1 Å². The number of hydrogen-bond donors (Lipinski definition) is 1. The van der Waals surface area contributed by atoms with Gasteiger partial charge in [0, 0.05) is 19.6 Å². The van der Waals surface area contributed by atoms with E-state index in [0.717, 1.165) is 37.4 Å². The molecule has 1 atom stereocenters. The Bertz CT molecular complexity index is 534. The normalized spacial score (nSPS) is 18.9. The number of carbonyl (C=O) groups is 1. The van der Waals surface area contributed by atoms with Gasteiger partial charge in [0.05, 0.1) is 7.11 Å². The molecule has 1 N–H and O–H groups in total. The summed E-state index contributed by atoms with van der Waals surface area (Å²) in [6.45, 7) is 2.70. The van der Waals surface area contributed by atoms with Crippen LogP contribution in [0, 0.1) is 5.92 Å². The highest BCUT2D eigenvalue weighted by Gasteiger charge is 2.31. The molecule has 1 amide bonds. The Kier molecular flexibility index (Phi) is 5.87. The summed E-state index contributed by atoms with van der Waals surface area (Å²) < 4.78 is 41.5. The molecule has 1 aliphatic rings. The molecule has 23 heavy (non-hydrogen) atoms. The maximum absolute atomic E-state index is 12.1. The minimum Gasteiger partial charge on any atom is -0.497 e. The number of amides is 1. The molecule has 1 fully saturated rings. The molecule has 0 radical (unpaired) electrons. The summed E-state index contributed by atoms with van der Waals surface area (Å²) in [6.07, 6.45) is -4.98. The van der Waals surface area contributed by atoms with Crippen molar-refractivity contribution in [2.45, 2.75) is 25.6 Å². The summed E-state index contributed by atoms with van der Waals surface area (Å²) in [5, 5.41) is 2.38. The van der Waals surface area contributed by atoms with E-state index >= 15 is 0 Å². The fraction of sp³-hybridized carbons (Fsp3) is 0.562. The summed E-state index contributed by atoms with van der Waals surface area (Å²) in [6, 6.07) is 7.80. The van der Waals surface area contributed by atoms with Crippen LogP contribution in [0.3, 0.4) is 0 Å². The van der Waals surface area contributed by atoms with Crippen molar-refractivity contribution in [3.63, 3.8) is 0 Å². The summed E-state index contributed by atoms with van der Waals surface area (Å²) in [5.74, 6) is 0.0409. The van der Waals surface area contributed by atoms with Crippen molar-refractivity contribution in [3.8, 4) is 5.75 Å². The molecule has 0 aliphatic carbocycles. The number of ether oxygens (including phenoxy) is 1. The predicted octanol–water partition coefficient (Wildman–Crippen LogP) is 2.59. The van der Waals surface area contributed by atoms with Gasteiger partial charge in [-0.15, -0.1) is 0 Å². The summed E-state index contributed by atoms with van der Waals surface area (Å²) in [4.78, 5) is 13.4. The van der Waals surface area contributed by atoms with E-state index in [1.54, 1.807) is 7.11 Å². The predicted molar refractivity (Wildman–Crippen MR) is 80.1 cm³/mol. The second-order valence-electron chi connectivity index (χ2n) is 5.84. The van der Waals surface area contributed by atoms with E-state index in [9.17, 15) is 18.0 Å². The van der Waals surface area contributed by atoms with Gasteiger partial charge in [-0.2, -0.15) is 13.2 Å². The highest BCUT2D eigenvalue weighted by Crippen LogP contribution is 2.21. The van der Waals surface area contributed by atoms with E-state index in [1.807, 2.05) is 24.3 Å². The van der Waals surface area contributed by atoms with Crippen molar-refractivity contribution in [3.05, 3.63) is 29.8 Å². The number of carbonyl (C=O) groups excluding carboxylic acids is 1.